The molecule has 12 heteroatoms. The van der Waals surface area contributed by atoms with Crippen LogP contribution in [0, 0.1) is 5.41 Å². The number of carbonyl (C=O) groups excluding carboxylic acids is 2. The molecule has 22 heavy (non-hydrogen) atoms. The van der Waals surface area contributed by atoms with E-state index in [1.807, 2.05) is 0 Å². The molecule has 2 aliphatic rings. The Kier molecular flexibility index (Phi) is 4.37. The molecule has 0 aromatic heterocycles. The van der Waals surface area contributed by atoms with Crippen molar-refractivity contribution < 1.29 is 26.8 Å². The Morgan fingerprint density at radius 2 is 2.18 bits per heavy atom. The van der Waals surface area contributed by atoms with E-state index >= 15 is 0 Å². The van der Waals surface area contributed by atoms with Gasteiger partial charge in [0.2, 0.25) is 5.91 Å². The summed E-state index contributed by atoms with van der Waals surface area (Å²) in [6.07, 6.45) is 0.707. The van der Waals surface area contributed by atoms with Crippen LogP contribution in [0.15, 0.2) is 0 Å². The topological polar surface area (TPSA) is 166 Å². The van der Waals surface area contributed by atoms with E-state index in [4.69, 9.17) is 15.7 Å². The first-order chi connectivity index (χ1) is 10.1. The molecule has 0 aromatic carbocycles. The van der Waals surface area contributed by atoms with Crippen LogP contribution in [-0.2, 0) is 19.5 Å². The molecule has 0 aromatic rings. The maximum absolute atomic E-state index is 12.1. The number of carbonyl (C=O) groups is 2. The van der Waals surface area contributed by atoms with Gasteiger partial charge in [0.05, 0.1) is 18.1 Å². The van der Waals surface area contributed by atoms with Gasteiger partial charge >= 0.3 is 16.4 Å². The third-order valence-electron chi connectivity index (χ3n) is 3.50. The van der Waals surface area contributed by atoms with Gasteiger partial charge in [-0.1, -0.05) is 0 Å². The van der Waals surface area contributed by atoms with Gasteiger partial charge < -0.3 is 16.0 Å². The highest BCUT2D eigenvalue weighted by Gasteiger charge is 2.48. The minimum Gasteiger partial charge on any atom is -0.320 e. The summed E-state index contributed by atoms with van der Waals surface area (Å²) >= 11 is 0. The zero-order valence-corrected chi connectivity index (χ0v) is 12.5. The van der Waals surface area contributed by atoms with Crippen LogP contribution in [0.2, 0.25) is 0 Å². The normalized spacial score (nSPS) is 26.0. The number of amides is 3. The number of amidine groups is 1. The molecule has 5 N–H and O–H groups in total. The van der Waals surface area contributed by atoms with Crippen molar-refractivity contribution >= 4 is 28.2 Å². The molecule has 3 amide bonds. The lowest BCUT2D eigenvalue weighted by molar-refractivity contribution is -0.120. The van der Waals surface area contributed by atoms with Crippen LogP contribution in [-0.4, -0.2) is 65.4 Å². The first-order valence-corrected chi connectivity index (χ1v) is 7.88. The molecule has 1 unspecified atom stereocenters. The molecular weight excluding hydrogens is 318 g/mol. The van der Waals surface area contributed by atoms with Gasteiger partial charge in [-0.25, -0.2) is 4.79 Å². The molecule has 11 nitrogen and oxygen atoms in total. The van der Waals surface area contributed by atoms with E-state index in [0.29, 0.717) is 17.9 Å². The van der Waals surface area contributed by atoms with Crippen molar-refractivity contribution in [2.75, 3.05) is 6.54 Å². The number of nitrogens with two attached hydrogens (primary N) is 1. The second-order valence-electron chi connectivity index (χ2n) is 5.20. The van der Waals surface area contributed by atoms with Crippen molar-refractivity contribution in [2.24, 2.45) is 5.73 Å². The van der Waals surface area contributed by atoms with E-state index in [1.54, 1.807) is 0 Å². The van der Waals surface area contributed by atoms with E-state index in [1.165, 1.54) is 11.8 Å². The lowest BCUT2D eigenvalue weighted by atomic mass is 10.00. The van der Waals surface area contributed by atoms with Crippen LogP contribution in [0.1, 0.15) is 19.8 Å². The smallest absolute Gasteiger partial charge is 0.320 e. The summed E-state index contributed by atoms with van der Waals surface area (Å²) in [5.41, 5.74) is 5.40. The predicted octanol–water partition coefficient (Wildman–Crippen LogP) is -1.57. The third kappa shape index (κ3) is 3.35. The van der Waals surface area contributed by atoms with Gasteiger partial charge in [0.15, 0.2) is 0 Å². The number of piperidine rings is 1. The predicted molar refractivity (Wildman–Crippen MR) is 72.9 cm³/mol. The number of fused-ring (bicyclic) bond motifs is 2. The average molecular weight is 335 g/mol. The molecule has 2 rings (SSSR count). The second-order valence-corrected chi connectivity index (χ2v) is 6.21. The van der Waals surface area contributed by atoms with Gasteiger partial charge in [-0.05, 0) is 19.8 Å². The number of hydrogen-bond acceptors (Lipinski definition) is 7. The van der Waals surface area contributed by atoms with E-state index < -0.39 is 40.5 Å². The Balaban J connectivity index is 2.09. The summed E-state index contributed by atoms with van der Waals surface area (Å²) in [5, 5.41) is 10.8. The summed E-state index contributed by atoms with van der Waals surface area (Å²) in [7, 11) is -4.81. The summed E-state index contributed by atoms with van der Waals surface area (Å²) in [6, 6.07) is -2.83. The Hall–Kier alpha value is -1.76. The van der Waals surface area contributed by atoms with Crippen molar-refractivity contribution in [1.29, 1.82) is 5.41 Å². The maximum Gasteiger partial charge on any atom is 0.418 e. The standard InChI is InChI=1S/C10H17N5O6S/c1-5(11)9(16)13-8(12)7-3-2-6-4-14(7)10(17)15(6)21-22(18,19)20/h5-7H,2-4,11H2,1H3,(H2,12,13,16)(H,18,19,20)/t5?,6-,7+/m1/s1. The van der Waals surface area contributed by atoms with Crippen molar-refractivity contribution in [3.05, 3.63) is 0 Å². The van der Waals surface area contributed by atoms with Gasteiger partial charge in [-0.2, -0.15) is 13.5 Å². The van der Waals surface area contributed by atoms with Gasteiger partial charge in [-0.3, -0.25) is 14.8 Å². The van der Waals surface area contributed by atoms with E-state index in [2.05, 4.69) is 9.60 Å². The van der Waals surface area contributed by atoms with Crippen molar-refractivity contribution in [3.8, 4) is 0 Å². The van der Waals surface area contributed by atoms with Gasteiger partial charge in [0, 0.05) is 6.54 Å². The molecular formula is C10H17N5O6S. The van der Waals surface area contributed by atoms with Crippen molar-refractivity contribution in [3.63, 3.8) is 0 Å². The molecule has 2 saturated heterocycles. The van der Waals surface area contributed by atoms with E-state index in [0.717, 1.165) is 0 Å². The molecule has 124 valence electrons. The van der Waals surface area contributed by atoms with Crippen LogP contribution in [0.5, 0.6) is 0 Å². The number of hydrogen-bond donors (Lipinski definition) is 4. The quantitative estimate of drug-likeness (QED) is 0.273. The number of rotatable bonds is 4. The van der Waals surface area contributed by atoms with Gasteiger partial charge in [0.25, 0.3) is 0 Å². The number of nitrogens with zero attached hydrogens (tertiary/aromatic N) is 2. The SMILES string of the molecule is CC(N)C(=O)NC(=N)[C@@H]1CC[C@@H]2CN1C(=O)N2OS(=O)(=O)O. The monoisotopic (exact) mass is 335 g/mol. The minimum absolute atomic E-state index is 0.134. The Labute approximate surface area is 126 Å². The first-order valence-electron chi connectivity index (χ1n) is 6.52. The molecule has 2 bridgehead atoms. The number of hydroxylamine groups is 2. The fourth-order valence-corrected chi connectivity index (χ4v) is 2.85. The zero-order valence-electron chi connectivity index (χ0n) is 11.7. The van der Waals surface area contributed by atoms with Crippen LogP contribution >= 0.6 is 0 Å². The van der Waals surface area contributed by atoms with Gasteiger partial charge in [-0.15, -0.1) is 4.28 Å². The highest BCUT2D eigenvalue weighted by Crippen LogP contribution is 2.30. The molecule has 0 radical (unpaired) electrons. The summed E-state index contributed by atoms with van der Waals surface area (Å²) in [5.74, 6) is -0.743. The van der Waals surface area contributed by atoms with Crippen molar-refractivity contribution in [1.82, 2.24) is 15.3 Å². The van der Waals surface area contributed by atoms with Crippen LogP contribution < -0.4 is 11.1 Å². The maximum atomic E-state index is 12.1. The Morgan fingerprint density at radius 1 is 1.55 bits per heavy atom. The lowest BCUT2D eigenvalue weighted by Crippen LogP contribution is -2.53. The molecule has 0 aliphatic carbocycles. The fourth-order valence-electron chi connectivity index (χ4n) is 2.46. The third-order valence-corrected chi connectivity index (χ3v) is 3.85. The van der Waals surface area contributed by atoms with Crippen LogP contribution in [0.25, 0.3) is 0 Å². The lowest BCUT2D eigenvalue weighted by Gasteiger charge is -2.30. The minimum atomic E-state index is -4.81. The summed E-state index contributed by atoms with van der Waals surface area (Å²) in [6.45, 7) is 1.59. The molecule has 0 spiro atoms. The molecule has 2 fully saturated rings. The Morgan fingerprint density at radius 3 is 2.73 bits per heavy atom. The summed E-state index contributed by atoms with van der Waals surface area (Å²) < 4.78 is 34.5. The summed E-state index contributed by atoms with van der Waals surface area (Å²) in [4.78, 5) is 24.8. The molecule has 0 saturated carbocycles. The van der Waals surface area contributed by atoms with E-state index in [9.17, 15) is 18.0 Å². The highest BCUT2D eigenvalue weighted by molar-refractivity contribution is 7.80. The molecule has 2 aliphatic heterocycles. The largest absolute Gasteiger partial charge is 0.418 e. The number of nitrogens with one attached hydrogen (secondary N) is 2. The second kappa shape index (κ2) is 5.79. The molecule has 2 heterocycles. The van der Waals surface area contributed by atoms with Gasteiger partial charge in [0.1, 0.15) is 5.84 Å². The van der Waals surface area contributed by atoms with E-state index in [-0.39, 0.29) is 12.4 Å². The highest BCUT2D eigenvalue weighted by atomic mass is 32.3. The molecule has 3 atom stereocenters. The first kappa shape index (κ1) is 16.6. The fraction of sp³-hybridized carbons (Fsp3) is 0.700. The van der Waals surface area contributed by atoms with Crippen LogP contribution in [0.4, 0.5) is 4.79 Å². The Bertz CT molecular complexity index is 605. The average Bonchev–Trinajstić information content (AvgIpc) is 2.62. The zero-order chi connectivity index (χ0) is 16.7. The number of urea groups is 1. The van der Waals surface area contributed by atoms with Crippen molar-refractivity contribution in [2.45, 2.75) is 37.9 Å². The van der Waals surface area contributed by atoms with Crippen LogP contribution in [0.3, 0.4) is 0 Å².